The molecule has 1 unspecified atom stereocenters. The van der Waals surface area contributed by atoms with E-state index in [9.17, 15) is 5.11 Å². The maximum Gasteiger partial charge on any atom is 0.153 e. The molecule has 0 bridgehead atoms. The molecule has 0 amide bonds. The standard InChI is InChI=1S/C7H11N2O/c1-5(2)6(10)7-8-3-4-9-7/h3-6H,1-2H3,(H,8,9). The first-order valence-electron chi connectivity index (χ1n) is 3.37. The maximum absolute atomic E-state index is 11.2. The smallest absolute Gasteiger partial charge is 0.153 e. The van der Waals surface area contributed by atoms with E-state index in [0.717, 1.165) is 0 Å². The average molecular weight is 139 g/mol. The molecule has 0 aromatic carbocycles. The van der Waals surface area contributed by atoms with Gasteiger partial charge < -0.3 is 4.98 Å². The van der Waals surface area contributed by atoms with Gasteiger partial charge in [0.25, 0.3) is 0 Å². The molecule has 0 saturated heterocycles. The van der Waals surface area contributed by atoms with Crippen molar-refractivity contribution in [3.63, 3.8) is 0 Å². The lowest BCUT2D eigenvalue weighted by Gasteiger charge is -2.07. The number of imidazole rings is 1. The Morgan fingerprint density at radius 2 is 2.30 bits per heavy atom. The highest BCUT2D eigenvalue weighted by atomic mass is 16.3. The Hall–Kier alpha value is -0.830. The molecule has 1 heterocycles. The number of aromatic amines is 1. The molecule has 1 atom stereocenters. The SMILES string of the molecule is CC(C)C([O])c1ncc[nH]1. The fraction of sp³-hybridized carbons (Fsp3) is 0.571. The summed E-state index contributed by atoms with van der Waals surface area (Å²) in [7, 11) is 0. The van der Waals surface area contributed by atoms with Gasteiger partial charge in [-0.2, -0.15) is 0 Å². The lowest BCUT2D eigenvalue weighted by atomic mass is 10.1. The quantitative estimate of drug-likeness (QED) is 0.663. The van der Waals surface area contributed by atoms with Gasteiger partial charge in [-0.3, -0.25) is 0 Å². The van der Waals surface area contributed by atoms with Gasteiger partial charge in [-0.05, 0) is 5.92 Å². The van der Waals surface area contributed by atoms with Gasteiger partial charge in [0.15, 0.2) is 6.10 Å². The van der Waals surface area contributed by atoms with Crippen LogP contribution in [-0.4, -0.2) is 9.97 Å². The first-order valence-corrected chi connectivity index (χ1v) is 3.37. The number of nitrogens with one attached hydrogen (secondary N) is 1. The minimum Gasteiger partial charge on any atom is -0.346 e. The lowest BCUT2D eigenvalue weighted by molar-refractivity contribution is 0.0420. The van der Waals surface area contributed by atoms with Crippen molar-refractivity contribution >= 4 is 0 Å². The highest BCUT2D eigenvalue weighted by molar-refractivity contribution is 4.92. The predicted molar refractivity (Wildman–Crippen MR) is 36.9 cm³/mol. The van der Waals surface area contributed by atoms with Gasteiger partial charge in [-0.25, -0.2) is 10.1 Å². The monoisotopic (exact) mass is 139 g/mol. The van der Waals surface area contributed by atoms with Crippen LogP contribution in [-0.2, 0) is 5.11 Å². The van der Waals surface area contributed by atoms with Crippen molar-refractivity contribution in [2.24, 2.45) is 5.92 Å². The second-order valence-corrected chi connectivity index (χ2v) is 2.64. The van der Waals surface area contributed by atoms with Gasteiger partial charge in [0.1, 0.15) is 5.82 Å². The van der Waals surface area contributed by atoms with Crippen LogP contribution in [0.4, 0.5) is 0 Å². The molecule has 1 aromatic rings. The largest absolute Gasteiger partial charge is 0.346 e. The predicted octanol–water partition coefficient (Wildman–Crippen LogP) is 1.54. The first kappa shape index (κ1) is 7.28. The number of aromatic nitrogens is 2. The van der Waals surface area contributed by atoms with Gasteiger partial charge in [-0.1, -0.05) is 13.8 Å². The normalized spacial score (nSPS) is 14.0. The zero-order valence-electron chi connectivity index (χ0n) is 6.16. The molecule has 0 spiro atoms. The summed E-state index contributed by atoms with van der Waals surface area (Å²) in [5.41, 5.74) is 0. The highest BCUT2D eigenvalue weighted by Crippen LogP contribution is 2.17. The second-order valence-electron chi connectivity index (χ2n) is 2.64. The summed E-state index contributed by atoms with van der Waals surface area (Å²) in [5.74, 6) is 0.640. The number of hydrogen-bond donors (Lipinski definition) is 1. The fourth-order valence-corrected chi connectivity index (χ4v) is 0.749. The van der Waals surface area contributed by atoms with Crippen LogP contribution in [0.15, 0.2) is 12.4 Å². The van der Waals surface area contributed by atoms with Crippen LogP contribution in [0.1, 0.15) is 25.8 Å². The van der Waals surface area contributed by atoms with E-state index >= 15 is 0 Å². The zero-order chi connectivity index (χ0) is 7.56. The van der Waals surface area contributed by atoms with Crippen LogP contribution >= 0.6 is 0 Å². The van der Waals surface area contributed by atoms with Crippen LogP contribution < -0.4 is 0 Å². The molecule has 1 N–H and O–H groups in total. The second kappa shape index (κ2) is 2.84. The molecule has 1 radical (unpaired) electrons. The Kier molecular flexibility index (Phi) is 2.06. The van der Waals surface area contributed by atoms with Gasteiger partial charge >= 0.3 is 0 Å². The van der Waals surface area contributed by atoms with Crippen molar-refractivity contribution in [3.05, 3.63) is 18.2 Å². The third-order valence-electron chi connectivity index (χ3n) is 1.39. The van der Waals surface area contributed by atoms with Crippen LogP contribution in [0, 0.1) is 5.92 Å². The van der Waals surface area contributed by atoms with Crippen molar-refractivity contribution in [2.45, 2.75) is 20.0 Å². The molecule has 3 heteroatoms. The van der Waals surface area contributed by atoms with Crippen LogP contribution in [0.3, 0.4) is 0 Å². The molecular weight excluding hydrogens is 128 g/mol. The summed E-state index contributed by atoms with van der Waals surface area (Å²) in [6.45, 7) is 3.78. The van der Waals surface area contributed by atoms with Crippen LogP contribution in [0.5, 0.6) is 0 Å². The molecule has 10 heavy (non-hydrogen) atoms. The minimum atomic E-state index is -0.713. The summed E-state index contributed by atoms with van der Waals surface area (Å²) >= 11 is 0. The van der Waals surface area contributed by atoms with Crippen LogP contribution in [0.2, 0.25) is 0 Å². The van der Waals surface area contributed by atoms with E-state index < -0.39 is 6.10 Å². The van der Waals surface area contributed by atoms with Gasteiger partial charge in [0, 0.05) is 12.4 Å². The topological polar surface area (TPSA) is 48.6 Å². The molecule has 0 aliphatic rings. The Balaban J connectivity index is 2.68. The zero-order valence-corrected chi connectivity index (χ0v) is 6.16. The lowest BCUT2D eigenvalue weighted by Crippen LogP contribution is -2.05. The Morgan fingerprint density at radius 3 is 2.70 bits per heavy atom. The van der Waals surface area contributed by atoms with E-state index in [-0.39, 0.29) is 5.92 Å². The average Bonchev–Trinajstić information content (AvgIpc) is 2.36. The van der Waals surface area contributed by atoms with E-state index in [2.05, 4.69) is 9.97 Å². The van der Waals surface area contributed by atoms with E-state index in [4.69, 9.17) is 0 Å². The first-order chi connectivity index (χ1) is 4.72. The van der Waals surface area contributed by atoms with Crippen molar-refractivity contribution < 1.29 is 5.11 Å². The van der Waals surface area contributed by atoms with Gasteiger partial charge in [0.2, 0.25) is 0 Å². The van der Waals surface area contributed by atoms with E-state index in [1.807, 2.05) is 13.8 Å². The van der Waals surface area contributed by atoms with Crippen molar-refractivity contribution in [1.82, 2.24) is 9.97 Å². The molecule has 55 valence electrons. The minimum absolute atomic E-state index is 0.103. The molecule has 3 nitrogen and oxygen atoms in total. The van der Waals surface area contributed by atoms with Gasteiger partial charge in [0.05, 0.1) is 0 Å². The van der Waals surface area contributed by atoms with Crippen LogP contribution in [0.25, 0.3) is 0 Å². The molecular formula is C7H11N2O. The Labute approximate surface area is 60.1 Å². The molecule has 0 saturated carbocycles. The number of nitrogens with zero attached hydrogens (tertiary/aromatic N) is 1. The van der Waals surface area contributed by atoms with E-state index in [1.54, 1.807) is 12.4 Å². The summed E-state index contributed by atoms with van der Waals surface area (Å²) in [6, 6.07) is 0. The highest BCUT2D eigenvalue weighted by Gasteiger charge is 2.15. The molecule has 0 aliphatic carbocycles. The molecule has 0 aliphatic heterocycles. The molecule has 0 fully saturated rings. The maximum atomic E-state index is 11.2. The Morgan fingerprint density at radius 1 is 1.60 bits per heavy atom. The number of H-pyrrole nitrogens is 1. The van der Waals surface area contributed by atoms with Crippen molar-refractivity contribution in [2.75, 3.05) is 0 Å². The third kappa shape index (κ3) is 1.36. The van der Waals surface area contributed by atoms with E-state index in [0.29, 0.717) is 5.82 Å². The summed E-state index contributed by atoms with van der Waals surface area (Å²) in [5, 5.41) is 11.2. The summed E-state index contributed by atoms with van der Waals surface area (Å²) < 4.78 is 0. The van der Waals surface area contributed by atoms with Crippen molar-refractivity contribution in [3.8, 4) is 0 Å². The fourth-order valence-electron chi connectivity index (χ4n) is 0.749. The number of rotatable bonds is 2. The third-order valence-corrected chi connectivity index (χ3v) is 1.39. The summed E-state index contributed by atoms with van der Waals surface area (Å²) in [4.78, 5) is 6.66. The van der Waals surface area contributed by atoms with Gasteiger partial charge in [-0.15, -0.1) is 0 Å². The Bertz CT molecular complexity index is 181. The van der Waals surface area contributed by atoms with Crippen molar-refractivity contribution in [1.29, 1.82) is 0 Å². The van der Waals surface area contributed by atoms with E-state index in [1.165, 1.54) is 0 Å². The number of hydrogen-bond acceptors (Lipinski definition) is 1. The summed E-state index contributed by atoms with van der Waals surface area (Å²) in [6.07, 6.45) is 2.56. The molecule has 1 rings (SSSR count). The molecule has 1 aromatic heterocycles.